The van der Waals surface area contributed by atoms with E-state index in [0.717, 1.165) is 47.7 Å². The lowest BCUT2D eigenvalue weighted by atomic mass is 9.87. The molecule has 4 aromatic rings. The molecule has 3 aromatic carbocycles. The molecule has 2 aliphatic rings. The summed E-state index contributed by atoms with van der Waals surface area (Å²) in [7, 11) is 3.18. The van der Waals surface area contributed by atoms with Gasteiger partial charge in [-0.25, -0.2) is 9.18 Å². The molecule has 1 aromatic heterocycles. The van der Waals surface area contributed by atoms with Crippen molar-refractivity contribution in [1.82, 2.24) is 9.78 Å². The molecule has 0 N–H and O–H groups in total. The fourth-order valence-electron chi connectivity index (χ4n) is 6.31. The second-order valence-electron chi connectivity index (χ2n) is 10.9. The average Bonchev–Trinajstić information content (AvgIpc) is 3.72. The zero-order valence-electron chi connectivity index (χ0n) is 23.6. The van der Waals surface area contributed by atoms with Gasteiger partial charge < -0.3 is 9.64 Å². The van der Waals surface area contributed by atoms with Crippen LogP contribution >= 0.6 is 0 Å². The molecule has 0 aliphatic heterocycles. The van der Waals surface area contributed by atoms with Crippen LogP contribution in [0.5, 0.6) is 0 Å². The van der Waals surface area contributed by atoms with E-state index < -0.39 is 18.3 Å². The number of amides is 1. The van der Waals surface area contributed by atoms with Crippen molar-refractivity contribution in [1.29, 1.82) is 0 Å². The van der Waals surface area contributed by atoms with Crippen LogP contribution in [0.2, 0.25) is 0 Å². The predicted molar refractivity (Wildman–Crippen MR) is 154 cm³/mol. The minimum absolute atomic E-state index is 0.142. The number of carbonyl (C=O) groups is 2. The van der Waals surface area contributed by atoms with E-state index in [1.807, 2.05) is 54.3 Å². The first-order valence-electron chi connectivity index (χ1n) is 14.2. The molecule has 2 bridgehead atoms. The predicted octanol–water partition coefficient (Wildman–Crippen LogP) is 6.54. The topological polar surface area (TPSA) is 64.4 Å². The maximum atomic E-state index is 14.8. The largest absolute Gasteiger partial charge is 0.466 e. The van der Waals surface area contributed by atoms with Gasteiger partial charge in [0, 0.05) is 30.1 Å². The number of ether oxygens (including phenoxy) is 1. The Bertz CT molecular complexity index is 1650. The summed E-state index contributed by atoms with van der Waals surface area (Å²) < 4.78 is 30.6. The molecule has 6 nitrogen and oxygen atoms in total. The number of fused-ring (bicyclic) bond motifs is 3. The normalized spacial score (nSPS) is 21.1. The van der Waals surface area contributed by atoms with Crippen molar-refractivity contribution < 1.29 is 20.1 Å². The maximum absolute atomic E-state index is 14.8. The van der Waals surface area contributed by atoms with Gasteiger partial charge in [0.15, 0.2) is 0 Å². The van der Waals surface area contributed by atoms with Crippen molar-refractivity contribution in [2.45, 2.75) is 32.2 Å². The van der Waals surface area contributed by atoms with Crippen molar-refractivity contribution >= 4 is 34.5 Å². The summed E-state index contributed by atoms with van der Waals surface area (Å²) in [5.41, 5.74) is 4.39. The van der Waals surface area contributed by atoms with Crippen molar-refractivity contribution in [3.8, 4) is 11.1 Å². The lowest BCUT2D eigenvalue weighted by molar-refractivity contribution is -0.134. The van der Waals surface area contributed by atoms with Crippen LogP contribution in [-0.4, -0.2) is 28.8 Å². The summed E-state index contributed by atoms with van der Waals surface area (Å²) in [5, 5.41) is 5.36. The molecule has 4 atom stereocenters. The number of aryl methyl sites for hydroxylation is 1. The van der Waals surface area contributed by atoms with Gasteiger partial charge in [0.2, 0.25) is 5.91 Å². The minimum atomic E-state index is -1.07. The van der Waals surface area contributed by atoms with E-state index in [1.165, 1.54) is 36.3 Å². The smallest absolute Gasteiger partial charge is 0.330 e. The Hall–Kier alpha value is -4.26. The third kappa shape index (κ3) is 5.16. The molecule has 6 rings (SSSR count). The van der Waals surface area contributed by atoms with E-state index in [4.69, 9.17) is 0 Å². The first kappa shape index (κ1) is 24.8. The number of hydrogen-bond donors (Lipinski definition) is 0. The monoisotopic (exact) mass is 538 g/mol. The highest BCUT2D eigenvalue weighted by Gasteiger charge is 2.44. The Labute approximate surface area is 234 Å². The Morgan fingerprint density at radius 3 is 2.62 bits per heavy atom. The summed E-state index contributed by atoms with van der Waals surface area (Å²) in [4.78, 5) is 27.1. The quantitative estimate of drug-likeness (QED) is 0.198. The van der Waals surface area contributed by atoms with Crippen LogP contribution in [0.1, 0.15) is 38.2 Å². The van der Waals surface area contributed by atoms with Gasteiger partial charge in [-0.05, 0) is 89.8 Å². The standard InChI is InChI=1S/C33H32FN3O3/c1-36-31-11-10-25(17-27(31)19-35-36)24-7-3-21(4-8-24)20-37(33(39)30-16-22-5-9-26(30)13-22)29-15-23(14-28(34)18-29)6-12-32(38)40-2/h3-4,6-8,10-12,14-15,17-19,22,26,30H,5,9,13,16,20H2,1-2H3/b12-6+/t22-,26+,30-/m1/s1/i20D/t20?,22-,26+,30-. The molecule has 1 heterocycles. The zero-order valence-corrected chi connectivity index (χ0v) is 22.6. The number of nitrogens with zero attached hydrogens (tertiary/aromatic N) is 3. The van der Waals surface area contributed by atoms with Gasteiger partial charge in [-0.2, -0.15) is 5.10 Å². The molecular formula is C33H32FN3O3. The van der Waals surface area contributed by atoms with Crippen LogP contribution in [0.3, 0.4) is 0 Å². The molecule has 2 fully saturated rings. The number of esters is 1. The third-order valence-corrected chi connectivity index (χ3v) is 8.36. The number of halogens is 1. The third-order valence-electron chi connectivity index (χ3n) is 8.36. The fourth-order valence-corrected chi connectivity index (χ4v) is 6.31. The number of aromatic nitrogens is 2. The van der Waals surface area contributed by atoms with Gasteiger partial charge in [-0.3, -0.25) is 9.48 Å². The Morgan fingerprint density at radius 2 is 1.90 bits per heavy atom. The van der Waals surface area contributed by atoms with Crippen molar-refractivity contribution in [3.63, 3.8) is 0 Å². The minimum Gasteiger partial charge on any atom is -0.466 e. The van der Waals surface area contributed by atoms with Gasteiger partial charge in [0.05, 0.1) is 26.7 Å². The van der Waals surface area contributed by atoms with Crippen LogP contribution in [0.25, 0.3) is 28.1 Å². The summed E-state index contributed by atoms with van der Waals surface area (Å²) in [6.07, 6.45) is 8.51. The number of hydrogen-bond acceptors (Lipinski definition) is 4. The van der Waals surface area contributed by atoms with E-state index in [9.17, 15) is 15.4 Å². The molecule has 0 radical (unpaired) electrons. The number of rotatable bonds is 7. The maximum Gasteiger partial charge on any atom is 0.330 e. The van der Waals surface area contributed by atoms with Gasteiger partial charge in [-0.1, -0.05) is 36.8 Å². The first-order valence-corrected chi connectivity index (χ1v) is 13.6. The zero-order chi connectivity index (χ0) is 28.7. The molecular weight excluding hydrogens is 505 g/mol. The van der Waals surface area contributed by atoms with E-state index >= 15 is 0 Å². The van der Waals surface area contributed by atoms with Crippen LogP contribution in [-0.2, 0) is 27.9 Å². The molecule has 204 valence electrons. The average molecular weight is 539 g/mol. The molecule has 1 amide bonds. The number of carbonyl (C=O) groups excluding carboxylic acids is 2. The molecule has 40 heavy (non-hydrogen) atoms. The summed E-state index contributed by atoms with van der Waals surface area (Å²) in [5.74, 6) is -0.583. The summed E-state index contributed by atoms with van der Waals surface area (Å²) in [6, 6.07) is 18.0. The molecule has 7 heteroatoms. The molecule has 2 aliphatic carbocycles. The number of anilines is 1. The second kappa shape index (κ2) is 10.7. The lowest BCUT2D eigenvalue weighted by Gasteiger charge is -2.30. The van der Waals surface area contributed by atoms with Gasteiger partial charge in [-0.15, -0.1) is 0 Å². The van der Waals surface area contributed by atoms with Crippen LogP contribution in [0.15, 0.2) is 72.9 Å². The number of benzene rings is 3. The summed E-state index contributed by atoms with van der Waals surface area (Å²) in [6.45, 7) is -1.07. The van der Waals surface area contributed by atoms with E-state index in [0.29, 0.717) is 28.7 Å². The van der Waals surface area contributed by atoms with Gasteiger partial charge in [0.25, 0.3) is 0 Å². The molecule has 1 unspecified atom stereocenters. The van der Waals surface area contributed by atoms with E-state index in [1.54, 1.807) is 6.07 Å². The Balaban J connectivity index is 1.34. The van der Waals surface area contributed by atoms with Crippen LogP contribution in [0.4, 0.5) is 10.1 Å². The SMILES string of the molecule is [2H]C(c1ccc(-c2ccc3c(cnn3C)c2)cc1)N(C(=O)[C@@H]1C[C@@H]2CC[C@H]1C2)c1cc(F)cc(/C=C/C(=O)OC)c1. The Morgan fingerprint density at radius 1 is 1.10 bits per heavy atom. The van der Waals surface area contributed by atoms with Crippen molar-refractivity contribution in [2.75, 3.05) is 12.0 Å². The fraction of sp³-hybridized carbons (Fsp3) is 0.303. The van der Waals surface area contributed by atoms with E-state index in [-0.39, 0.29) is 11.8 Å². The molecule has 0 spiro atoms. The lowest BCUT2D eigenvalue weighted by Crippen LogP contribution is -2.38. The highest BCUT2D eigenvalue weighted by atomic mass is 19.1. The van der Waals surface area contributed by atoms with Crippen LogP contribution < -0.4 is 4.90 Å². The van der Waals surface area contributed by atoms with Crippen LogP contribution in [0, 0.1) is 23.6 Å². The van der Waals surface area contributed by atoms with E-state index in [2.05, 4.69) is 15.9 Å². The first-order chi connectivity index (χ1) is 19.8. The second-order valence-corrected chi connectivity index (χ2v) is 10.9. The Kier molecular flexibility index (Phi) is 6.63. The highest BCUT2D eigenvalue weighted by Crippen LogP contribution is 2.49. The highest BCUT2D eigenvalue weighted by molar-refractivity contribution is 5.96. The van der Waals surface area contributed by atoms with Crippen molar-refractivity contribution in [3.05, 3.63) is 89.9 Å². The molecule has 2 saturated carbocycles. The van der Waals surface area contributed by atoms with Gasteiger partial charge >= 0.3 is 5.97 Å². The number of methoxy groups -OCH3 is 1. The molecule has 0 saturated heterocycles. The summed E-state index contributed by atoms with van der Waals surface area (Å²) >= 11 is 0. The van der Waals surface area contributed by atoms with Gasteiger partial charge in [0.1, 0.15) is 5.82 Å². The van der Waals surface area contributed by atoms with Crippen molar-refractivity contribution in [2.24, 2.45) is 24.8 Å².